The number of aliphatic hydroxyl groups excluding tert-OH is 1. The van der Waals surface area contributed by atoms with Gasteiger partial charge in [0.15, 0.2) is 11.5 Å². The van der Waals surface area contributed by atoms with Crippen molar-refractivity contribution in [2.75, 3.05) is 26.8 Å². The van der Waals surface area contributed by atoms with Gasteiger partial charge in [0, 0.05) is 19.1 Å². The van der Waals surface area contributed by atoms with E-state index in [1.165, 1.54) is 11.1 Å². The molecule has 0 bridgehead atoms. The number of benzene rings is 1. The van der Waals surface area contributed by atoms with E-state index in [4.69, 9.17) is 14.2 Å². The van der Waals surface area contributed by atoms with E-state index in [1.807, 2.05) is 20.8 Å². The van der Waals surface area contributed by atoms with Gasteiger partial charge in [-0.2, -0.15) is 0 Å². The summed E-state index contributed by atoms with van der Waals surface area (Å²) in [5.41, 5.74) is 2.32. The molecule has 152 valence electrons. The van der Waals surface area contributed by atoms with Crippen LogP contribution in [0.25, 0.3) is 0 Å². The Balaban J connectivity index is 1.80. The fourth-order valence-corrected chi connectivity index (χ4v) is 4.16. The highest BCUT2D eigenvalue weighted by molar-refractivity contribution is 5.49. The Labute approximate surface area is 163 Å². The molecule has 2 aliphatic rings. The first-order valence-electron chi connectivity index (χ1n) is 10.3. The summed E-state index contributed by atoms with van der Waals surface area (Å²) in [6.45, 7) is 10.8. The Bertz CT molecular complexity index is 640. The summed E-state index contributed by atoms with van der Waals surface area (Å²) in [5.74, 6) is 1.62. The molecule has 3 rings (SSSR count). The molecule has 0 unspecified atom stereocenters. The van der Waals surface area contributed by atoms with Gasteiger partial charge in [0.05, 0.1) is 31.5 Å². The smallest absolute Gasteiger partial charge is 0.161 e. The average Bonchev–Trinajstić information content (AvgIpc) is 2.61. The molecule has 2 heterocycles. The summed E-state index contributed by atoms with van der Waals surface area (Å²) in [6, 6.07) is 4.47. The Kier molecular flexibility index (Phi) is 6.34. The van der Waals surface area contributed by atoms with Crippen molar-refractivity contribution in [2.24, 2.45) is 0 Å². The van der Waals surface area contributed by atoms with E-state index in [1.54, 1.807) is 7.11 Å². The Hall–Kier alpha value is -1.30. The van der Waals surface area contributed by atoms with Crippen molar-refractivity contribution in [1.29, 1.82) is 0 Å². The fourth-order valence-electron chi connectivity index (χ4n) is 4.16. The second-order valence-electron chi connectivity index (χ2n) is 8.74. The maximum atomic E-state index is 10.7. The summed E-state index contributed by atoms with van der Waals surface area (Å²) in [7, 11) is 1.69. The fraction of sp³-hybridized carbons (Fsp3) is 0.727. The van der Waals surface area contributed by atoms with Crippen molar-refractivity contribution < 1.29 is 19.3 Å². The van der Waals surface area contributed by atoms with Crippen molar-refractivity contribution >= 4 is 0 Å². The van der Waals surface area contributed by atoms with Crippen LogP contribution in [0.4, 0.5) is 0 Å². The van der Waals surface area contributed by atoms with E-state index in [0.717, 1.165) is 43.9 Å². The van der Waals surface area contributed by atoms with Crippen LogP contribution in [0.15, 0.2) is 12.1 Å². The minimum atomic E-state index is -0.456. The highest BCUT2D eigenvalue weighted by Gasteiger charge is 2.40. The van der Waals surface area contributed by atoms with Gasteiger partial charge in [-0.25, -0.2) is 0 Å². The van der Waals surface area contributed by atoms with Gasteiger partial charge >= 0.3 is 0 Å². The zero-order valence-electron chi connectivity index (χ0n) is 17.5. The van der Waals surface area contributed by atoms with E-state index in [0.29, 0.717) is 13.0 Å². The number of unbranched alkanes of at least 4 members (excludes halogenated alkanes) is 1. The maximum Gasteiger partial charge on any atom is 0.161 e. The van der Waals surface area contributed by atoms with Crippen molar-refractivity contribution in [3.63, 3.8) is 0 Å². The number of hydrogen-bond acceptors (Lipinski definition) is 5. The number of methoxy groups -OCH3 is 1. The topological polar surface area (TPSA) is 51.2 Å². The van der Waals surface area contributed by atoms with Crippen LogP contribution in [-0.4, -0.2) is 54.6 Å². The standard InChI is InChI=1S/C22H35NO4/c1-6-7-10-26-20-11-15-8-9-23-14-21(27-22(2,3)4)18(24)13-17(23)16(15)12-19(20)25-5/h11-12,17-18,21,24H,6-10,13-14H2,1-5H3/t17-,18-,21-/m1/s1. The van der Waals surface area contributed by atoms with Crippen LogP contribution < -0.4 is 9.47 Å². The third kappa shape index (κ3) is 4.76. The van der Waals surface area contributed by atoms with Crippen LogP contribution in [0.5, 0.6) is 11.5 Å². The lowest BCUT2D eigenvalue weighted by Gasteiger charge is -2.46. The van der Waals surface area contributed by atoms with E-state index in [2.05, 4.69) is 24.0 Å². The van der Waals surface area contributed by atoms with Gasteiger partial charge in [0.2, 0.25) is 0 Å². The molecule has 5 nitrogen and oxygen atoms in total. The molecule has 1 saturated heterocycles. The molecule has 0 amide bonds. The molecule has 0 aliphatic carbocycles. The van der Waals surface area contributed by atoms with Crippen LogP contribution in [0.2, 0.25) is 0 Å². The molecule has 0 saturated carbocycles. The molecule has 1 fully saturated rings. The number of ether oxygens (including phenoxy) is 3. The SMILES string of the molecule is CCCCOc1cc2c(cc1OC)[C@H]1C[C@@H](O)[C@H](OC(C)(C)C)CN1CC2. The van der Waals surface area contributed by atoms with Gasteiger partial charge in [-0.1, -0.05) is 13.3 Å². The monoisotopic (exact) mass is 377 g/mol. The van der Waals surface area contributed by atoms with Gasteiger partial charge in [-0.15, -0.1) is 0 Å². The van der Waals surface area contributed by atoms with Crippen molar-refractivity contribution in [2.45, 2.75) is 77.2 Å². The minimum absolute atomic E-state index is 0.138. The van der Waals surface area contributed by atoms with Crippen LogP contribution in [0, 0.1) is 0 Å². The van der Waals surface area contributed by atoms with E-state index < -0.39 is 6.10 Å². The van der Waals surface area contributed by atoms with Gasteiger partial charge < -0.3 is 19.3 Å². The van der Waals surface area contributed by atoms with Crippen LogP contribution in [0.3, 0.4) is 0 Å². The highest BCUT2D eigenvalue weighted by Crippen LogP contribution is 2.42. The summed E-state index contributed by atoms with van der Waals surface area (Å²) in [4.78, 5) is 2.45. The Morgan fingerprint density at radius 2 is 2.00 bits per heavy atom. The first-order chi connectivity index (χ1) is 12.8. The lowest BCUT2D eigenvalue weighted by Crippen LogP contribution is -2.53. The summed E-state index contributed by atoms with van der Waals surface area (Å²) >= 11 is 0. The third-order valence-electron chi connectivity index (χ3n) is 5.46. The molecular weight excluding hydrogens is 342 g/mol. The summed E-state index contributed by atoms with van der Waals surface area (Å²) in [5, 5.41) is 10.7. The van der Waals surface area contributed by atoms with Gasteiger partial charge in [-0.3, -0.25) is 4.90 Å². The summed E-state index contributed by atoms with van der Waals surface area (Å²) in [6.07, 6.45) is 3.23. The molecule has 1 aromatic carbocycles. The van der Waals surface area contributed by atoms with E-state index >= 15 is 0 Å². The zero-order valence-corrected chi connectivity index (χ0v) is 17.5. The molecule has 0 spiro atoms. The average molecular weight is 378 g/mol. The first-order valence-corrected chi connectivity index (χ1v) is 10.3. The van der Waals surface area contributed by atoms with Gasteiger partial charge in [0.25, 0.3) is 0 Å². The molecule has 0 radical (unpaired) electrons. The predicted molar refractivity (Wildman–Crippen MR) is 107 cm³/mol. The van der Waals surface area contributed by atoms with Crippen molar-refractivity contribution in [3.05, 3.63) is 23.3 Å². The van der Waals surface area contributed by atoms with Crippen molar-refractivity contribution in [3.8, 4) is 11.5 Å². The molecule has 1 N–H and O–H groups in total. The second-order valence-corrected chi connectivity index (χ2v) is 8.74. The summed E-state index contributed by atoms with van der Waals surface area (Å²) < 4.78 is 17.7. The largest absolute Gasteiger partial charge is 0.493 e. The second kappa shape index (κ2) is 8.38. The van der Waals surface area contributed by atoms with E-state index in [-0.39, 0.29) is 17.7 Å². The number of piperidine rings is 1. The minimum Gasteiger partial charge on any atom is -0.493 e. The molecule has 5 heteroatoms. The quantitative estimate of drug-likeness (QED) is 0.766. The number of nitrogens with zero attached hydrogens (tertiary/aromatic N) is 1. The van der Waals surface area contributed by atoms with Crippen molar-refractivity contribution in [1.82, 2.24) is 4.90 Å². The predicted octanol–water partition coefficient (Wildman–Crippen LogP) is 3.72. The Morgan fingerprint density at radius 1 is 1.22 bits per heavy atom. The third-order valence-corrected chi connectivity index (χ3v) is 5.46. The lowest BCUT2D eigenvalue weighted by atomic mass is 9.84. The van der Waals surface area contributed by atoms with Crippen LogP contribution in [-0.2, 0) is 11.2 Å². The molecular formula is C22H35NO4. The first kappa shape index (κ1) is 20.4. The van der Waals surface area contributed by atoms with Crippen LogP contribution >= 0.6 is 0 Å². The Morgan fingerprint density at radius 3 is 2.67 bits per heavy atom. The molecule has 2 aliphatic heterocycles. The molecule has 1 aromatic rings. The number of fused-ring (bicyclic) bond motifs is 3. The van der Waals surface area contributed by atoms with Crippen LogP contribution in [0.1, 0.15) is 64.1 Å². The lowest BCUT2D eigenvalue weighted by molar-refractivity contribution is -0.149. The maximum absolute atomic E-state index is 10.7. The number of rotatable bonds is 6. The van der Waals surface area contributed by atoms with E-state index in [9.17, 15) is 5.11 Å². The molecule has 27 heavy (non-hydrogen) atoms. The van der Waals surface area contributed by atoms with Gasteiger partial charge in [-0.05, 0) is 63.3 Å². The molecule has 3 atom stereocenters. The number of hydrogen-bond donors (Lipinski definition) is 1. The van der Waals surface area contributed by atoms with Gasteiger partial charge in [0.1, 0.15) is 0 Å². The number of aliphatic hydroxyl groups is 1. The highest BCUT2D eigenvalue weighted by atomic mass is 16.5. The molecule has 0 aromatic heterocycles. The zero-order chi connectivity index (χ0) is 19.6. The normalized spacial score (nSPS) is 25.6.